The number of rotatable bonds is 10. The summed E-state index contributed by atoms with van der Waals surface area (Å²) in [7, 11) is 1.52. The van der Waals surface area contributed by atoms with Crippen molar-refractivity contribution in [2.45, 2.75) is 6.92 Å². The molecule has 0 heterocycles. The van der Waals surface area contributed by atoms with E-state index in [1.54, 1.807) is 67.6 Å². The van der Waals surface area contributed by atoms with E-state index in [1.165, 1.54) is 13.2 Å². The minimum Gasteiger partial charge on any atom is -0.495 e. The van der Waals surface area contributed by atoms with Gasteiger partial charge >= 0.3 is 0 Å². The Kier molecular flexibility index (Phi) is 9.95. The van der Waals surface area contributed by atoms with Crippen LogP contribution in [0.15, 0.2) is 70.7 Å². The van der Waals surface area contributed by atoms with Gasteiger partial charge in [0.2, 0.25) is 0 Å². The second kappa shape index (κ2) is 13.3. The number of methoxy groups -OCH3 is 1. The number of anilines is 2. The highest BCUT2D eigenvalue weighted by molar-refractivity contribution is 9.10. The quantitative estimate of drug-likeness (QED) is 0.221. The molecule has 0 aromatic heterocycles. The van der Waals surface area contributed by atoms with Crippen LogP contribution in [0, 0.1) is 11.3 Å². The lowest BCUT2D eigenvalue weighted by molar-refractivity contribution is -0.118. The standard InChI is InChI=1S/C27H23BrClN3O5/c1-3-36-24-14-17(12-18(15-30)27(34)32-21-9-5-4-8-20(21)29)13-19(28)26(24)37-16-25(33)31-22-10-6-7-11-23(22)35-2/h4-14H,3,16H2,1-2H3,(H,31,33)(H,32,34)/b18-12+. The molecule has 0 aliphatic carbocycles. The monoisotopic (exact) mass is 583 g/mol. The molecule has 3 rings (SSSR count). The zero-order chi connectivity index (χ0) is 26.8. The number of carbonyl (C=O) groups is 2. The van der Waals surface area contributed by atoms with Gasteiger partial charge in [-0.25, -0.2) is 0 Å². The Bertz CT molecular complexity index is 1370. The zero-order valence-corrected chi connectivity index (χ0v) is 22.4. The zero-order valence-electron chi connectivity index (χ0n) is 20.0. The molecule has 0 aliphatic rings. The number of nitrogens with one attached hydrogen (secondary N) is 2. The third-order valence-corrected chi connectivity index (χ3v) is 5.78. The molecule has 2 amide bonds. The molecule has 0 bridgehead atoms. The summed E-state index contributed by atoms with van der Waals surface area (Å²) in [5, 5.41) is 15.3. The van der Waals surface area contributed by atoms with Crippen LogP contribution in [0.5, 0.6) is 17.2 Å². The normalized spacial score (nSPS) is 10.7. The summed E-state index contributed by atoms with van der Waals surface area (Å²) in [6.07, 6.45) is 1.41. The topological polar surface area (TPSA) is 110 Å². The van der Waals surface area contributed by atoms with Crippen LogP contribution in [0.1, 0.15) is 12.5 Å². The first-order valence-electron chi connectivity index (χ1n) is 11.1. The summed E-state index contributed by atoms with van der Waals surface area (Å²) in [5.41, 5.74) is 1.27. The third-order valence-electron chi connectivity index (χ3n) is 4.86. The largest absolute Gasteiger partial charge is 0.495 e. The van der Waals surface area contributed by atoms with Gasteiger partial charge in [0.1, 0.15) is 17.4 Å². The molecule has 10 heteroatoms. The number of hydrogen-bond acceptors (Lipinski definition) is 6. The Morgan fingerprint density at radius 3 is 2.41 bits per heavy atom. The lowest BCUT2D eigenvalue weighted by atomic mass is 10.1. The smallest absolute Gasteiger partial charge is 0.266 e. The Balaban J connectivity index is 1.78. The van der Waals surface area contributed by atoms with E-state index in [0.29, 0.717) is 50.3 Å². The third kappa shape index (κ3) is 7.49. The summed E-state index contributed by atoms with van der Waals surface area (Å²) in [4.78, 5) is 25.1. The lowest BCUT2D eigenvalue weighted by Gasteiger charge is -2.15. The summed E-state index contributed by atoms with van der Waals surface area (Å²) in [6.45, 7) is 1.82. The second-order valence-corrected chi connectivity index (χ2v) is 8.67. The van der Waals surface area contributed by atoms with Gasteiger partial charge in [-0.1, -0.05) is 35.9 Å². The van der Waals surface area contributed by atoms with Crippen LogP contribution in [-0.2, 0) is 9.59 Å². The number of para-hydroxylation sites is 3. The Labute approximate surface area is 227 Å². The average molecular weight is 585 g/mol. The number of benzene rings is 3. The maximum atomic E-state index is 12.7. The maximum absolute atomic E-state index is 12.7. The molecule has 0 saturated carbocycles. The predicted molar refractivity (Wildman–Crippen MR) is 146 cm³/mol. The van der Waals surface area contributed by atoms with E-state index >= 15 is 0 Å². The predicted octanol–water partition coefficient (Wildman–Crippen LogP) is 6.07. The van der Waals surface area contributed by atoms with Crippen LogP contribution in [0.2, 0.25) is 5.02 Å². The molecule has 2 N–H and O–H groups in total. The second-order valence-electron chi connectivity index (χ2n) is 7.40. The van der Waals surface area contributed by atoms with Crippen LogP contribution in [0.3, 0.4) is 0 Å². The molecule has 37 heavy (non-hydrogen) atoms. The van der Waals surface area contributed by atoms with E-state index in [-0.39, 0.29) is 12.2 Å². The number of ether oxygens (including phenoxy) is 3. The van der Waals surface area contributed by atoms with Crippen LogP contribution in [0.4, 0.5) is 11.4 Å². The van der Waals surface area contributed by atoms with Crippen LogP contribution in [-0.4, -0.2) is 32.1 Å². The van der Waals surface area contributed by atoms with Crippen molar-refractivity contribution in [3.63, 3.8) is 0 Å². The fraction of sp³-hybridized carbons (Fsp3) is 0.148. The number of amides is 2. The van der Waals surface area contributed by atoms with Crippen LogP contribution < -0.4 is 24.8 Å². The Morgan fingerprint density at radius 1 is 1.03 bits per heavy atom. The first-order chi connectivity index (χ1) is 17.9. The molecule has 3 aromatic rings. The SMILES string of the molecule is CCOc1cc(/C=C(\C#N)C(=O)Nc2ccccc2Cl)cc(Br)c1OCC(=O)Nc1ccccc1OC. The summed E-state index contributed by atoms with van der Waals surface area (Å²) in [5.74, 6) is 0.143. The van der Waals surface area contributed by atoms with E-state index < -0.39 is 11.8 Å². The number of nitrogens with zero attached hydrogens (tertiary/aromatic N) is 1. The van der Waals surface area contributed by atoms with Crippen molar-refractivity contribution >= 4 is 56.8 Å². The van der Waals surface area contributed by atoms with Gasteiger partial charge in [0.05, 0.1) is 34.6 Å². The number of nitriles is 1. The van der Waals surface area contributed by atoms with Gasteiger partial charge < -0.3 is 24.8 Å². The Hall–Kier alpha value is -4.00. The highest BCUT2D eigenvalue weighted by Gasteiger charge is 2.17. The van der Waals surface area contributed by atoms with E-state index in [2.05, 4.69) is 26.6 Å². The average Bonchev–Trinajstić information content (AvgIpc) is 2.88. The molecule has 3 aromatic carbocycles. The molecule has 0 fully saturated rings. The highest BCUT2D eigenvalue weighted by Crippen LogP contribution is 2.37. The fourth-order valence-electron chi connectivity index (χ4n) is 3.21. The Morgan fingerprint density at radius 2 is 1.73 bits per heavy atom. The van der Waals surface area contributed by atoms with Gasteiger partial charge in [-0.3, -0.25) is 9.59 Å². The van der Waals surface area contributed by atoms with Gasteiger partial charge in [-0.05, 0) is 70.9 Å². The minimum atomic E-state index is -0.613. The van der Waals surface area contributed by atoms with E-state index in [1.807, 2.05) is 6.07 Å². The van der Waals surface area contributed by atoms with Gasteiger partial charge in [0.15, 0.2) is 18.1 Å². The summed E-state index contributed by atoms with van der Waals surface area (Å²) >= 11 is 9.53. The van der Waals surface area contributed by atoms with Crippen molar-refractivity contribution in [1.29, 1.82) is 5.26 Å². The molecule has 0 aliphatic heterocycles. The highest BCUT2D eigenvalue weighted by atomic mass is 79.9. The van der Waals surface area contributed by atoms with Crippen molar-refractivity contribution in [1.82, 2.24) is 0 Å². The number of carbonyl (C=O) groups excluding carboxylic acids is 2. The van der Waals surface area contributed by atoms with Crippen molar-refractivity contribution in [3.05, 3.63) is 81.3 Å². The molecule has 0 spiro atoms. The molecule has 0 atom stereocenters. The molecule has 0 radical (unpaired) electrons. The van der Waals surface area contributed by atoms with Gasteiger partial charge in [-0.2, -0.15) is 5.26 Å². The van der Waals surface area contributed by atoms with Crippen molar-refractivity contribution < 1.29 is 23.8 Å². The van der Waals surface area contributed by atoms with E-state index in [4.69, 9.17) is 25.8 Å². The fourth-order valence-corrected chi connectivity index (χ4v) is 3.97. The first kappa shape index (κ1) is 27.6. The molecule has 0 unspecified atom stereocenters. The molecule has 0 saturated heterocycles. The van der Waals surface area contributed by atoms with Crippen LogP contribution in [0.25, 0.3) is 6.08 Å². The minimum absolute atomic E-state index is 0.140. The summed E-state index contributed by atoms with van der Waals surface area (Å²) < 4.78 is 17.2. The summed E-state index contributed by atoms with van der Waals surface area (Å²) in [6, 6.07) is 18.9. The van der Waals surface area contributed by atoms with Crippen LogP contribution >= 0.6 is 27.5 Å². The van der Waals surface area contributed by atoms with Gasteiger partial charge in [-0.15, -0.1) is 0 Å². The van der Waals surface area contributed by atoms with Crippen molar-refractivity contribution in [3.8, 4) is 23.3 Å². The van der Waals surface area contributed by atoms with E-state index in [9.17, 15) is 14.9 Å². The van der Waals surface area contributed by atoms with Gasteiger partial charge in [0.25, 0.3) is 11.8 Å². The van der Waals surface area contributed by atoms with E-state index in [0.717, 1.165) is 0 Å². The molecule has 190 valence electrons. The number of hydrogen-bond donors (Lipinski definition) is 2. The molecule has 8 nitrogen and oxygen atoms in total. The molecular weight excluding hydrogens is 562 g/mol. The van der Waals surface area contributed by atoms with Crippen molar-refractivity contribution in [2.24, 2.45) is 0 Å². The van der Waals surface area contributed by atoms with Crippen molar-refractivity contribution in [2.75, 3.05) is 31.0 Å². The lowest BCUT2D eigenvalue weighted by Crippen LogP contribution is -2.21. The number of halogens is 2. The molecular formula is C27H23BrClN3O5. The van der Waals surface area contributed by atoms with Gasteiger partial charge in [0, 0.05) is 0 Å². The first-order valence-corrected chi connectivity index (χ1v) is 12.2. The maximum Gasteiger partial charge on any atom is 0.266 e.